The maximum Gasteiger partial charge on any atom is 0.252 e. The third kappa shape index (κ3) is 5.26. The van der Waals surface area contributed by atoms with Crippen LogP contribution < -0.4 is 10.6 Å². The number of rotatable bonds is 7. The first-order valence-electron chi connectivity index (χ1n) is 13.9. The Morgan fingerprint density at radius 2 is 0.952 bits per heavy atom. The molecule has 6 aromatic rings. The van der Waals surface area contributed by atoms with E-state index in [-0.39, 0.29) is 11.8 Å². The highest BCUT2D eigenvalue weighted by Gasteiger charge is 2.28. The van der Waals surface area contributed by atoms with Gasteiger partial charge in [0, 0.05) is 11.1 Å². The van der Waals surface area contributed by atoms with Gasteiger partial charge in [0.15, 0.2) is 0 Å². The van der Waals surface area contributed by atoms with Crippen molar-refractivity contribution in [2.45, 2.75) is 38.8 Å². The van der Waals surface area contributed by atoms with Crippen molar-refractivity contribution >= 4 is 33.9 Å². The zero-order chi connectivity index (χ0) is 29.5. The Morgan fingerprint density at radius 1 is 0.571 bits per heavy atom. The van der Waals surface area contributed by atoms with Gasteiger partial charge in [0.1, 0.15) is 11.6 Å². The average molecular weight is 557 g/mol. The minimum absolute atomic E-state index is 0.156. The molecule has 8 heteroatoms. The molecule has 0 bridgehead atoms. The number of hydrogen-bond acceptors (Lipinski definition) is 4. The number of carbonyl (C=O) groups excluding carboxylic acids is 2. The summed E-state index contributed by atoms with van der Waals surface area (Å²) < 4.78 is 0. The van der Waals surface area contributed by atoms with Gasteiger partial charge in [-0.2, -0.15) is 0 Å². The molecule has 4 N–H and O–H groups in total. The van der Waals surface area contributed by atoms with Gasteiger partial charge >= 0.3 is 0 Å². The molecular weight excluding hydrogens is 524 g/mol. The van der Waals surface area contributed by atoms with Crippen molar-refractivity contribution in [1.82, 2.24) is 30.6 Å². The molecule has 0 radical (unpaired) electrons. The Morgan fingerprint density at radius 3 is 1.33 bits per heavy atom. The van der Waals surface area contributed by atoms with Crippen LogP contribution in [-0.2, 0) is 11.1 Å². The molecule has 0 aliphatic carbocycles. The number of H-pyrrole nitrogens is 2. The predicted molar refractivity (Wildman–Crippen MR) is 165 cm³/mol. The van der Waals surface area contributed by atoms with Crippen LogP contribution in [0.25, 0.3) is 33.2 Å². The summed E-state index contributed by atoms with van der Waals surface area (Å²) in [6.45, 7) is 7.72. The average Bonchev–Trinajstić information content (AvgIpc) is 3.62. The molecule has 42 heavy (non-hydrogen) atoms. The first-order chi connectivity index (χ1) is 20.1. The quantitative estimate of drug-likeness (QED) is 0.181. The van der Waals surface area contributed by atoms with Gasteiger partial charge in [0.25, 0.3) is 11.8 Å². The second kappa shape index (κ2) is 10.3. The van der Waals surface area contributed by atoms with Crippen molar-refractivity contribution in [2.75, 3.05) is 0 Å². The van der Waals surface area contributed by atoms with Crippen LogP contribution in [0.1, 0.15) is 60.1 Å². The van der Waals surface area contributed by atoms with E-state index >= 15 is 0 Å². The summed E-state index contributed by atoms with van der Waals surface area (Å²) >= 11 is 0. The Balaban J connectivity index is 1.24. The highest BCUT2D eigenvalue weighted by Crippen LogP contribution is 2.29. The Kier molecular flexibility index (Phi) is 6.61. The van der Waals surface area contributed by atoms with Gasteiger partial charge in [-0.1, -0.05) is 48.5 Å². The van der Waals surface area contributed by atoms with E-state index in [1.807, 2.05) is 88.4 Å². The molecule has 210 valence electrons. The molecule has 0 aliphatic heterocycles. The topological polar surface area (TPSA) is 116 Å². The standard InChI is InChI=1S/C34H32N6O2/c1-33(2,39-29(41)21-11-7-5-8-12-21)31-35-25-17-15-23(19-27(25)37-31)24-16-18-26-28(20-24)38-32(36-26)34(3,4)40-30(42)22-13-9-6-10-14-22/h5-20H,1-4H3,(H,35,37)(H,36,38)(H,39,41)(H,40,42). The van der Waals surface area contributed by atoms with Crippen molar-refractivity contribution in [3.63, 3.8) is 0 Å². The third-order valence-corrected chi connectivity index (χ3v) is 7.41. The van der Waals surface area contributed by atoms with Gasteiger partial charge in [-0.3, -0.25) is 9.59 Å². The summed E-state index contributed by atoms with van der Waals surface area (Å²) in [6, 6.07) is 30.4. The monoisotopic (exact) mass is 556 g/mol. The molecule has 8 nitrogen and oxygen atoms in total. The summed E-state index contributed by atoms with van der Waals surface area (Å²) in [5.41, 5.74) is 5.19. The zero-order valence-electron chi connectivity index (χ0n) is 23.9. The number of aromatic nitrogens is 4. The van der Waals surface area contributed by atoms with E-state index in [1.165, 1.54) is 0 Å². The highest BCUT2D eigenvalue weighted by atomic mass is 16.2. The van der Waals surface area contributed by atoms with Gasteiger partial charge in [-0.05, 0) is 87.4 Å². The molecule has 6 rings (SSSR count). The van der Waals surface area contributed by atoms with Crippen LogP contribution in [0.2, 0.25) is 0 Å². The number of nitrogens with one attached hydrogen (secondary N) is 4. The van der Waals surface area contributed by atoms with Crippen molar-refractivity contribution in [3.8, 4) is 11.1 Å². The number of nitrogens with zero attached hydrogens (tertiary/aromatic N) is 2. The lowest BCUT2D eigenvalue weighted by Gasteiger charge is -2.24. The molecule has 0 saturated carbocycles. The van der Waals surface area contributed by atoms with Crippen LogP contribution in [0.4, 0.5) is 0 Å². The fourth-order valence-corrected chi connectivity index (χ4v) is 4.98. The van der Waals surface area contributed by atoms with Crippen LogP contribution in [0.15, 0.2) is 97.1 Å². The molecule has 0 saturated heterocycles. The third-order valence-electron chi connectivity index (χ3n) is 7.41. The Bertz CT molecular complexity index is 1780. The molecule has 0 spiro atoms. The SMILES string of the molecule is CC(C)(NC(=O)c1ccccc1)c1nc2ccc(-c3ccc4nc(C(C)(C)NC(=O)c5ccccc5)[nH]c4c3)cc2[nH]1. The molecule has 0 atom stereocenters. The number of benzene rings is 4. The highest BCUT2D eigenvalue weighted by molar-refractivity contribution is 5.95. The first-order valence-corrected chi connectivity index (χ1v) is 13.9. The normalized spacial score (nSPS) is 12.0. The molecular formula is C34H32N6O2. The van der Waals surface area contributed by atoms with Gasteiger partial charge in [0.05, 0.1) is 33.1 Å². The van der Waals surface area contributed by atoms with Gasteiger partial charge in [0.2, 0.25) is 0 Å². The zero-order valence-corrected chi connectivity index (χ0v) is 23.9. The van der Waals surface area contributed by atoms with Gasteiger partial charge in [-0.25, -0.2) is 9.97 Å². The molecule has 2 aromatic heterocycles. The van der Waals surface area contributed by atoms with Crippen LogP contribution in [0.3, 0.4) is 0 Å². The fraction of sp³-hybridized carbons (Fsp3) is 0.176. The van der Waals surface area contributed by atoms with Crippen molar-refractivity contribution in [2.24, 2.45) is 0 Å². The summed E-state index contributed by atoms with van der Waals surface area (Å²) in [5, 5.41) is 6.16. The maximum absolute atomic E-state index is 12.8. The van der Waals surface area contributed by atoms with Crippen LogP contribution >= 0.6 is 0 Å². The van der Waals surface area contributed by atoms with Crippen LogP contribution in [0.5, 0.6) is 0 Å². The minimum Gasteiger partial charge on any atom is -0.340 e. The predicted octanol–water partition coefficient (Wildman–Crippen LogP) is 6.44. The van der Waals surface area contributed by atoms with E-state index < -0.39 is 11.1 Å². The summed E-state index contributed by atoms with van der Waals surface area (Å²) in [5.74, 6) is 1.04. The number of fused-ring (bicyclic) bond motifs is 2. The van der Waals surface area contributed by atoms with Crippen LogP contribution in [0, 0.1) is 0 Å². The number of carbonyl (C=O) groups is 2. The van der Waals surface area contributed by atoms with E-state index in [0.717, 1.165) is 33.2 Å². The smallest absolute Gasteiger partial charge is 0.252 e. The molecule has 4 aromatic carbocycles. The lowest BCUT2D eigenvalue weighted by molar-refractivity contribution is 0.0900. The molecule has 0 aliphatic rings. The Labute approximate surface area is 243 Å². The van der Waals surface area contributed by atoms with Crippen molar-refractivity contribution < 1.29 is 9.59 Å². The number of aromatic amines is 2. The van der Waals surface area contributed by atoms with E-state index in [2.05, 4.69) is 32.7 Å². The maximum atomic E-state index is 12.8. The first kappa shape index (κ1) is 27.0. The summed E-state index contributed by atoms with van der Waals surface area (Å²) in [4.78, 5) is 42.0. The lowest BCUT2D eigenvalue weighted by Crippen LogP contribution is -2.41. The number of imidazole rings is 2. The number of amides is 2. The molecule has 0 fully saturated rings. The van der Waals surface area contributed by atoms with E-state index in [4.69, 9.17) is 9.97 Å². The minimum atomic E-state index is -0.708. The second-order valence-corrected chi connectivity index (χ2v) is 11.5. The van der Waals surface area contributed by atoms with E-state index in [0.29, 0.717) is 22.8 Å². The molecule has 0 unspecified atom stereocenters. The molecule has 2 amide bonds. The second-order valence-electron chi connectivity index (χ2n) is 11.5. The Hall–Kier alpha value is -5.24. The van der Waals surface area contributed by atoms with E-state index in [9.17, 15) is 9.59 Å². The van der Waals surface area contributed by atoms with E-state index in [1.54, 1.807) is 24.3 Å². The van der Waals surface area contributed by atoms with Crippen molar-refractivity contribution in [3.05, 3.63) is 120 Å². The summed E-state index contributed by atoms with van der Waals surface area (Å²) in [7, 11) is 0. The van der Waals surface area contributed by atoms with Gasteiger partial charge in [-0.15, -0.1) is 0 Å². The molecule has 2 heterocycles. The van der Waals surface area contributed by atoms with Crippen molar-refractivity contribution in [1.29, 1.82) is 0 Å². The summed E-state index contributed by atoms with van der Waals surface area (Å²) in [6.07, 6.45) is 0. The number of hydrogen-bond donors (Lipinski definition) is 4. The fourth-order valence-electron chi connectivity index (χ4n) is 4.98. The lowest BCUT2D eigenvalue weighted by atomic mass is 10.0. The largest absolute Gasteiger partial charge is 0.340 e. The van der Waals surface area contributed by atoms with Crippen LogP contribution in [-0.4, -0.2) is 31.8 Å². The van der Waals surface area contributed by atoms with Gasteiger partial charge < -0.3 is 20.6 Å².